The number of aryl methyl sites for hydroxylation is 2. The maximum atomic E-state index is 13.0. The number of rotatable bonds is 8. The lowest BCUT2D eigenvalue weighted by Gasteiger charge is -2.15. The molecule has 0 radical (unpaired) electrons. The van der Waals surface area contributed by atoms with E-state index in [1.165, 1.54) is 22.9 Å². The second-order valence-electron chi connectivity index (χ2n) is 8.26. The quantitative estimate of drug-likeness (QED) is 0.294. The molecule has 178 valence electrons. The van der Waals surface area contributed by atoms with Crippen LogP contribution in [0.3, 0.4) is 0 Å². The second kappa shape index (κ2) is 11.1. The van der Waals surface area contributed by atoms with Gasteiger partial charge in [0.15, 0.2) is 0 Å². The zero-order chi connectivity index (χ0) is 24.8. The average molecular weight is 485 g/mol. The van der Waals surface area contributed by atoms with Crippen molar-refractivity contribution in [2.24, 2.45) is 0 Å². The van der Waals surface area contributed by atoms with Crippen molar-refractivity contribution < 1.29 is 9.53 Å². The number of thioether (sulfide) groups is 1. The van der Waals surface area contributed by atoms with Crippen LogP contribution >= 0.6 is 11.8 Å². The van der Waals surface area contributed by atoms with Crippen molar-refractivity contribution >= 4 is 23.4 Å². The van der Waals surface area contributed by atoms with Gasteiger partial charge >= 0.3 is 0 Å². The minimum Gasteiger partial charge on any atom is -0.497 e. The normalized spacial score (nSPS) is 11.7. The molecule has 35 heavy (non-hydrogen) atoms. The fourth-order valence-corrected chi connectivity index (χ4v) is 4.37. The third kappa shape index (κ3) is 6.05. The predicted molar refractivity (Wildman–Crippen MR) is 142 cm³/mol. The summed E-state index contributed by atoms with van der Waals surface area (Å²) in [4.78, 5) is 17.9. The van der Waals surface area contributed by atoms with Gasteiger partial charge in [0.1, 0.15) is 17.1 Å². The van der Waals surface area contributed by atoms with E-state index in [0.717, 1.165) is 16.8 Å². The van der Waals surface area contributed by atoms with Crippen molar-refractivity contribution in [2.45, 2.75) is 37.6 Å². The molecule has 1 amide bonds. The molecule has 0 bridgehead atoms. The Labute approximate surface area is 210 Å². The van der Waals surface area contributed by atoms with E-state index in [1.807, 2.05) is 49.4 Å². The summed E-state index contributed by atoms with van der Waals surface area (Å²) in [6, 6.07) is 23.7. The second-order valence-corrected chi connectivity index (χ2v) is 9.43. The van der Waals surface area contributed by atoms with Crippen LogP contribution in [0.5, 0.6) is 5.75 Å². The van der Waals surface area contributed by atoms with Crippen molar-refractivity contribution in [1.82, 2.24) is 15.2 Å². The van der Waals surface area contributed by atoms with E-state index in [1.54, 1.807) is 13.2 Å². The summed E-state index contributed by atoms with van der Waals surface area (Å²) in [7, 11) is 1.60. The molecule has 4 aromatic rings. The molecule has 7 heteroatoms. The fourth-order valence-electron chi connectivity index (χ4n) is 3.55. The third-order valence-electron chi connectivity index (χ3n) is 5.57. The van der Waals surface area contributed by atoms with Crippen LogP contribution in [-0.4, -0.2) is 33.4 Å². The van der Waals surface area contributed by atoms with Gasteiger partial charge in [-0.05, 0) is 32.4 Å². The molecule has 6 nitrogen and oxygen atoms in total. The lowest BCUT2D eigenvalue weighted by Crippen LogP contribution is -2.25. The summed E-state index contributed by atoms with van der Waals surface area (Å²) in [5.74, 6) is 0.569. The average Bonchev–Trinajstić information content (AvgIpc) is 2.88. The molecule has 0 fully saturated rings. The van der Waals surface area contributed by atoms with Crippen molar-refractivity contribution in [2.75, 3.05) is 12.4 Å². The first-order chi connectivity index (χ1) is 17.0. The number of carbonyl (C=O) groups is 1. The van der Waals surface area contributed by atoms with Crippen LogP contribution in [0, 0.1) is 13.8 Å². The number of hydrogen-bond acceptors (Lipinski definition) is 6. The van der Waals surface area contributed by atoms with E-state index in [2.05, 4.69) is 53.6 Å². The number of anilines is 1. The van der Waals surface area contributed by atoms with Crippen LogP contribution in [0.25, 0.3) is 22.5 Å². The molecular formula is C28H28N4O2S. The molecular weight excluding hydrogens is 456 g/mol. The summed E-state index contributed by atoms with van der Waals surface area (Å²) in [6.45, 7) is 6.07. The Morgan fingerprint density at radius 2 is 1.54 bits per heavy atom. The van der Waals surface area contributed by atoms with Gasteiger partial charge in [0, 0.05) is 22.9 Å². The van der Waals surface area contributed by atoms with Crippen LogP contribution in [0.4, 0.5) is 5.69 Å². The zero-order valence-electron chi connectivity index (χ0n) is 20.3. The smallest absolute Gasteiger partial charge is 0.237 e. The van der Waals surface area contributed by atoms with E-state index < -0.39 is 0 Å². The topological polar surface area (TPSA) is 77.0 Å². The maximum Gasteiger partial charge on any atom is 0.237 e. The molecule has 0 spiro atoms. The third-order valence-corrected chi connectivity index (χ3v) is 6.78. The Balaban J connectivity index is 1.63. The van der Waals surface area contributed by atoms with E-state index in [0.29, 0.717) is 28.7 Å². The van der Waals surface area contributed by atoms with Crippen molar-refractivity contribution in [1.29, 1.82) is 0 Å². The Kier molecular flexibility index (Phi) is 7.77. The van der Waals surface area contributed by atoms with Gasteiger partial charge in [-0.25, -0.2) is 4.98 Å². The first-order valence-corrected chi connectivity index (χ1v) is 12.3. The minimum atomic E-state index is -0.376. The van der Waals surface area contributed by atoms with Gasteiger partial charge in [0.05, 0.1) is 12.4 Å². The summed E-state index contributed by atoms with van der Waals surface area (Å²) < 4.78 is 5.25. The highest BCUT2D eigenvalue weighted by Crippen LogP contribution is 2.32. The summed E-state index contributed by atoms with van der Waals surface area (Å²) in [5.41, 5.74) is 6.39. The van der Waals surface area contributed by atoms with Gasteiger partial charge in [-0.15, -0.1) is 10.2 Å². The Hall–Kier alpha value is -3.71. The molecule has 1 N–H and O–H groups in total. The van der Waals surface area contributed by atoms with Crippen LogP contribution in [0.15, 0.2) is 78.0 Å². The highest BCUT2D eigenvalue weighted by atomic mass is 32.2. The van der Waals surface area contributed by atoms with Crippen molar-refractivity contribution in [3.63, 3.8) is 0 Å². The molecule has 0 aliphatic carbocycles. The number of nitrogens with one attached hydrogen (secondary N) is 1. The lowest BCUT2D eigenvalue weighted by molar-refractivity contribution is -0.115. The highest BCUT2D eigenvalue weighted by Gasteiger charge is 2.22. The Morgan fingerprint density at radius 3 is 2.14 bits per heavy atom. The summed E-state index contributed by atoms with van der Waals surface area (Å²) in [5, 5.41) is 12.0. The van der Waals surface area contributed by atoms with Gasteiger partial charge in [-0.1, -0.05) is 84.4 Å². The van der Waals surface area contributed by atoms with Gasteiger partial charge in [0.2, 0.25) is 11.1 Å². The first-order valence-electron chi connectivity index (χ1n) is 11.5. The first kappa shape index (κ1) is 24.4. The van der Waals surface area contributed by atoms with Gasteiger partial charge < -0.3 is 10.1 Å². The molecule has 1 heterocycles. The fraction of sp³-hybridized carbons (Fsp3) is 0.214. The van der Waals surface area contributed by atoms with E-state index in [9.17, 15) is 4.79 Å². The number of carbonyl (C=O) groups excluding carboxylic acids is 1. The van der Waals surface area contributed by atoms with Gasteiger partial charge in [-0.2, -0.15) is 0 Å². The molecule has 0 saturated heterocycles. The lowest BCUT2D eigenvalue weighted by atomic mass is 10.0. The summed E-state index contributed by atoms with van der Waals surface area (Å²) >= 11 is 1.32. The van der Waals surface area contributed by atoms with E-state index in [4.69, 9.17) is 9.72 Å². The number of aromatic nitrogens is 3. The van der Waals surface area contributed by atoms with Crippen molar-refractivity contribution in [3.05, 3.63) is 83.9 Å². The zero-order valence-corrected chi connectivity index (χ0v) is 21.1. The van der Waals surface area contributed by atoms with Crippen LogP contribution in [-0.2, 0) is 4.79 Å². The Morgan fingerprint density at radius 1 is 0.914 bits per heavy atom. The molecule has 1 aromatic heterocycles. The molecule has 0 aliphatic rings. The number of ether oxygens (including phenoxy) is 1. The molecule has 4 rings (SSSR count). The monoisotopic (exact) mass is 484 g/mol. The standard InChI is InChI=1S/C28H28N4O2S/c1-5-24(27(33)29-22-7-6-8-23(17-22)34-4)35-28-30-25(20-13-9-18(2)10-14-20)26(31-32-28)21-15-11-19(3)12-16-21/h6-17,24H,5H2,1-4H3,(H,29,33). The number of amides is 1. The maximum absolute atomic E-state index is 13.0. The van der Waals surface area contributed by atoms with Gasteiger partial charge in [0.25, 0.3) is 0 Å². The molecule has 0 saturated carbocycles. The molecule has 0 aliphatic heterocycles. The summed E-state index contributed by atoms with van der Waals surface area (Å²) in [6.07, 6.45) is 0.614. The number of hydrogen-bond donors (Lipinski definition) is 1. The minimum absolute atomic E-state index is 0.117. The van der Waals surface area contributed by atoms with Crippen LogP contribution < -0.4 is 10.1 Å². The number of nitrogens with zero attached hydrogens (tertiary/aromatic N) is 3. The highest BCUT2D eigenvalue weighted by molar-refractivity contribution is 8.00. The number of methoxy groups -OCH3 is 1. The SMILES string of the molecule is CCC(Sc1nnc(-c2ccc(C)cc2)c(-c2ccc(C)cc2)n1)C(=O)Nc1cccc(OC)c1. The van der Waals surface area contributed by atoms with Gasteiger partial charge in [-0.3, -0.25) is 4.79 Å². The molecule has 1 atom stereocenters. The van der Waals surface area contributed by atoms with E-state index in [-0.39, 0.29) is 11.2 Å². The molecule has 3 aromatic carbocycles. The van der Waals surface area contributed by atoms with Crippen LogP contribution in [0.2, 0.25) is 0 Å². The van der Waals surface area contributed by atoms with E-state index >= 15 is 0 Å². The Bertz CT molecular complexity index is 1310. The predicted octanol–water partition coefficient (Wildman–Crippen LogP) is 6.34. The largest absolute Gasteiger partial charge is 0.497 e. The molecule has 1 unspecified atom stereocenters. The van der Waals surface area contributed by atoms with Crippen molar-refractivity contribution in [3.8, 4) is 28.3 Å². The number of benzene rings is 3. The van der Waals surface area contributed by atoms with Crippen LogP contribution in [0.1, 0.15) is 24.5 Å².